The molecule has 1 aromatic rings. The molecule has 9 nitrogen and oxygen atoms in total. The van der Waals surface area contributed by atoms with Crippen LogP contribution in [0.1, 0.15) is 24.2 Å². The zero-order chi connectivity index (χ0) is 20.6. The summed E-state index contributed by atoms with van der Waals surface area (Å²) in [7, 11) is 0. The molecule has 0 bridgehead atoms. The topological polar surface area (TPSA) is 160 Å². The molecule has 0 aliphatic carbocycles. The van der Waals surface area contributed by atoms with Gasteiger partial charge in [-0.2, -0.15) is 0 Å². The highest BCUT2D eigenvalue weighted by Gasteiger charge is 2.29. The molecule has 7 N–H and O–H groups in total. The minimum absolute atomic E-state index is 0.0568. The van der Waals surface area contributed by atoms with Crippen molar-refractivity contribution in [1.29, 1.82) is 0 Å². The van der Waals surface area contributed by atoms with Gasteiger partial charge < -0.3 is 40.7 Å². The maximum atomic E-state index is 11.9. The van der Waals surface area contributed by atoms with Crippen LogP contribution in [0.25, 0.3) is 0 Å². The quantitative estimate of drug-likeness (QED) is 0.160. The van der Waals surface area contributed by atoms with Crippen LogP contribution in [0, 0.1) is 0 Å². The van der Waals surface area contributed by atoms with Gasteiger partial charge in [-0.15, -0.1) is 0 Å². The van der Waals surface area contributed by atoms with Gasteiger partial charge in [-0.25, -0.2) is 0 Å². The molecule has 0 aromatic heterocycles. The fraction of sp³-hybridized carbons (Fsp3) is 0.611. The van der Waals surface area contributed by atoms with Gasteiger partial charge >= 0.3 is 0 Å². The number of aliphatic hydroxyl groups is 6. The summed E-state index contributed by atoms with van der Waals surface area (Å²) in [6.07, 6.45) is -6.15. The van der Waals surface area contributed by atoms with Crippen LogP contribution < -0.4 is 10.1 Å². The van der Waals surface area contributed by atoms with E-state index in [2.05, 4.69) is 5.32 Å². The Hall–Kier alpha value is -1.59. The van der Waals surface area contributed by atoms with Gasteiger partial charge in [0.2, 0.25) is 0 Å². The molecule has 0 amide bonds. The molecule has 0 heterocycles. The van der Waals surface area contributed by atoms with Crippen molar-refractivity contribution >= 4 is 5.78 Å². The first-order chi connectivity index (χ1) is 12.6. The van der Waals surface area contributed by atoms with E-state index in [-0.39, 0.29) is 13.2 Å². The second kappa shape index (κ2) is 10.7. The molecule has 0 fully saturated rings. The Morgan fingerprint density at radius 2 is 1.63 bits per heavy atom. The number of carbonyl (C=O) groups excluding carboxylic acids is 1. The van der Waals surface area contributed by atoms with Crippen LogP contribution >= 0.6 is 0 Å². The van der Waals surface area contributed by atoms with Gasteiger partial charge in [0.1, 0.15) is 36.3 Å². The van der Waals surface area contributed by atoms with E-state index in [0.29, 0.717) is 17.9 Å². The highest BCUT2D eigenvalue weighted by molar-refractivity contribution is 6.01. The molecule has 0 saturated heterocycles. The first kappa shape index (κ1) is 23.4. The Labute approximate surface area is 157 Å². The van der Waals surface area contributed by atoms with Gasteiger partial charge in [-0.1, -0.05) is 0 Å². The Bertz CT molecular complexity index is 572. The third kappa shape index (κ3) is 7.51. The summed E-state index contributed by atoms with van der Waals surface area (Å²) in [4.78, 5) is 11.9. The molecule has 27 heavy (non-hydrogen) atoms. The Morgan fingerprint density at radius 1 is 1.07 bits per heavy atom. The summed E-state index contributed by atoms with van der Waals surface area (Å²) in [5.41, 5.74) is -1.08. The number of aliphatic hydroxyl groups excluding tert-OH is 5. The number of Topliss-reactive ketones (excluding diaryl/α,β-unsaturated/α-hetero) is 1. The number of hydrogen-bond acceptors (Lipinski definition) is 9. The molecular formula is C18H29NO8. The average molecular weight is 387 g/mol. The van der Waals surface area contributed by atoms with Gasteiger partial charge in [0.15, 0.2) is 5.78 Å². The predicted octanol–water partition coefficient (Wildman–Crippen LogP) is -1.96. The Balaban J connectivity index is 2.33. The number of rotatable bonds is 12. The maximum Gasteiger partial charge on any atom is 0.193 e. The molecule has 9 heteroatoms. The first-order valence-corrected chi connectivity index (χ1v) is 8.61. The molecule has 0 aliphatic heterocycles. The molecule has 0 radical (unpaired) electrons. The predicted molar refractivity (Wildman–Crippen MR) is 96.5 cm³/mol. The average Bonchev–Trinajstić information content (AvgIpc) is 2.64. The van der Waals surface area contributed by atoms with E-state index in [9.17, 15) is 30.3 Å². The van der Waals surface area contributed by atoms with E-state index < -0.39 is 42.4 Å². The minimum Gasteiger partial charge on any atom is -0.492 e. The monoisotopic (exact) mass is 387 g/mol. The number of ether oxygens (including phenoxy) is 1. The molecule has 154 valence electrons. The Kier molecular flexibility index (Phi) is 9.27. The van der Waals surface area contributed by atoms with Crippen LogP contribution in [-0.2, 0) is 0 Å². The molecule has 0 saturated carbocycles. The van der Waals surface area contributed by atoms with Gasteiger partial charge in [0.25, 0.3) is 0 Å². The van der Waals surface area contributed by atoms with Crippen molar-refractivity contribution in [2.45, 2.75) is 43.9 Å². The van der Waals surface area contributed by atoms with Crippen LogP contribution in [0.2, 0.25) is 0 Å². The smallest absolute Gasteiger partial charge is 0.193 e. The number of carbonyl (C=O) groups is 1. The van der Waals surface area contributed by atoms with E-state index >= 15 is 0 Å². The lowest BCUT2D eigenvalue weighted by Gasteiger charge is -2.25. The van der Waals surface area contributed by atoms with E-state index in [0.717, 1.165) is 0 Å². The number of nitrogens with one attached hydrogen (secondary N) is 1. The molecule has 0 aliphatic rings. The zero-order valence-electron chi connectivity index (χ0n) is 15.4. The van der Waals surface area contributed by atoms with Crippen molar-refractivity contribution in [3.05, 3.63) is 29.8 Å². The molecule has 4 atom stereocenters. The first-order valence-electron chi connectivity index (χ1n) is 8.61. The fourth-order valence-corrected chi connectivity index (χ4v) is 2.23. The van der Waals surface area contributed by atoms with Gasteiger partial charge in [-0.3, -0.25) is 4.79 Å². The largest absolute Gasteiger partial charge is 0.492 e. The summed E-state index contributed by atoms with van der Waals surface area (Å²) >= 11 is 0. The number of hydrogen-bond donors (Lipinski definition) is 7. The third-order valence-electron chi connectivity index (χ3n) is 3.90. The van der Waals surface area contributed by atoms with E-state index in [1.54, 1.807) is 24.3 Å². The molecular weight excluding hydrogens is 358 g/mol. The lowest BCUT2D eigenvalue weighted by atomic mass is 9.97. The summed E-state index contributed by atoms with van der Waals surface area (Å²) in [6, 6.07) is 6.31. The SMILES string of the molecule is CC(C)(O)C(=O)c1ccc(OCCNC[C@H](O)[C@@H](O)[C@H](O)[C@H](O)CO)cc1. The summed E-state index contributed by atoms with van der Waals surface area (Å²) in [6.45, 7) is 2.61. The summed E-state index contributed by atoms with van der Waals surface area (Å²) in [5, 5.41) is 59.4. The number of ketones is 1. The maximum absolute atomic E-state index is 11.9. The highest BCUT2D eigenvalue weighted by Crippen LogP contribution is 2.17. The minimum atomic E-state index is -1.66. The Morgan fingerprint density at radius 3 is 2.15 bits per heavy atom. The zero-order valence-corrected chi connectivity index (χ0v) is 15.4. The van der Waals surface area contributed by atoms with Crippen molar-refractivity contribution in [2.24, 2.45) is 0 Å². The third-order valence-corrected chi connectivity index (χ3v) is 3.90. The lowest BCUT2D eigenvalue weighted by molar-refractivity contribution is -0.114. The lowest BCUT2D eigenvalue weighted by Crippen LogP contribution is -2.49. The van der Waals surface area contributed by atoms with Crippen LogP contribution in [0.3, 0.4) is 0 Å². The van der Waals surface area contributed by atoms with Crippen molar-refractivity contribution in [1.82, 2.24) is 5.32 Å². The van der Waals surface area contributed by atoms with Crippen molar-refractivity contribution < 1.29 is 40.2 Å². The second-order valence-corrected chi connectivity index (χ2v) is 6.76. The normalized spacial score (nSPS) is 16.4. The van der Waals surface area contributed by atoms with Crippen LogP contribution in [-0.4, -0.2) is 92.7 Å². The van der Waals surface area contributed by atoms with Gasteiger partial charge in [0.05, 0.1) is 12.7 Å². The second-order valence-electron chi connectivity index (χ2n) is 6.76. The van der Waals surface area contributed by atoms with Gasteiger partial charge in [0, 0.05) is 18.7 Å². The standard InChI is InChI=1S/C18H29NO8/c1-18(2,26)17(25)11-3-5-12(6-4-11)27-8-7-19-9-13(21)15(23)16(24)14(22)10-20/h3-6,13-16,19-24,26H,7-10H2,1-2H3/t13-,14+,15+,16+/m0/s1. The molecule has 1 aromatic carbocycles. The molecule has 0 spiro atoms. The molecule has 1 rings (SSSR count). The van der Waals surface area contributed by atoms with Crippen molar-refractivity contribution in [3.8, 4) is 5.75 Å². The van der Waals surface area contributed by atoms with Crippen LogP contribution in [0.5, 0.6) is 5.75 Å². The van der Waals surface area contributed by atoms with Crippen molar-refractivity contribution in [2.75, 3.05) is 26.3 Å². The highest BCUT2D eigenvalue weighted by atomic mass is 16.5. The van der Waals surface area contributed by atoms with Crippen molar-refractivity contribution in [3.63, 3.8) is 0 Å². The number of benzene rings is 1. The van der Waals surface area contributed by atoms with Gasteiger partial charge in [-0.05, 0) is 38.1 Å². The van der Waals surface area contributed by atoms with E-state index in [1.165, 1.54) is 13.8 Å². The molecule has 0 unspecified atom stereocenters. The summed E-state index contributed by atoms with van der Waals surface area (Å²) in [5.74, 6) is 0.128. The van der Waals surface area contributed by atoms with Crippen LogP contribution in [0.4, 0.5) is 0 Å². The summed E-state index contributed by atoms with van der Waals surface area (Å²) < 4.78 is 5.47. The van der Waals surface area contributed by atoms with Crippen LogP contribution in [0.15, 0.2) is 24.3 Å². The van der Waals surface area contributed by atoms with E-state index in [1.807, 2.05) is 0 Å². The van der Waals surface area contributed by atoms with E-state index in [4.69, 9.17) is 9.84 Å². The fourth-order valence-electron chi connectivity index (χ4n) is 2.23.